The number of rotatable bonds is 5. The predicted molar refractivity (Wildman–Crippen MR) is 77.9 cm³/mol. The van der Waals surface area contributed by atoms with Gasteiger partial charge in [-0.15, -0.1) is 0 Å². The monoisotopic (exact) mass is 275 g/mol. The molecule has 0 radical (unpaired) electrons. The van der Waals surface area contributed by atoms with Gasteiger partial charge in [0.15, 0.2) is 0 Å². The van der Waals surface area contributed by atoms with Gasteiger partial charge in [-0.25, -0.2) is 8.78 Å². The molecule has 0 spiro atoms. The summed E-state index contributed by atoms with van der Waals surface area (Å²) < 4.78 is 27.6. The van der Waals surface area contributed by atoms with Gasteiger partial charge in [0.1, 0.15) is 11.6 Å². The first kappa shape index (κ1) is 14.7. The van der Waals surface area contributed by atoms with Crippen molar-refractivity contribution in [2.75, 3.05) is 13.6 Å². The lowest BCUT2D eigenvalue weighted by molar-refractivity contribution is 0.529. The zero-order valence-corrected chi connectivity index (χ0v) is 11.8. The molecule has 3 heteroatoms. The van der Waals surface area contributed by atoms with Crippen LogP contribution in [0, 0.1) is 18.6 Å². The summed E-state index contributed by atoms with van der Waals surface area (Å²) in [4.78, 5) is 0. The van der Waals surface area contributed by atoms with Crippen LogP contribution in [0.4, 0.5) is 8.78 Å². The Morgan fingerprint density at radius 1 is 1.05 bits per heavy atom. The first-order valence-corrected chi connectivity index (χ1v) is 6.76. The first-order valence-electron chi connectivity index (χ1n) is 6.76. The fourth-order valence-corrected chi connectivity index (χ4v) is 2.45. The molecule has 1 unspecified atom stereocenters. The van der Waals surface area contributed by atoms with Gasteiger partial charge in [-0.05, 0) is 38.1 Å². The molecule has 106 valence electrons. The molecule has 2 aromatic carbocycles. The molecule has 1 N–H and O–H groups in total. The van der Waals surface area contributed by atoms with Crippen molar-refractivity contribution < 1.29 is 8.78 Å². The third-order valence-corrected chi connectivity index (χ3v) is 3.48. The topological polar surface area (TPSA) is 12.0 Å². The number of nitrogens with one attached hydrogen (secondary N) is 1. The van der Waals surface area contributed by atoms with Crippen LogP contribution in [-0.2, 0) is 6.42 Å². The third-order valence-electron chi connectivity index (χ3n) is 3.48. The fraction of sp³-hybridized carbons (Fsp3) is 0.294. The summed E-state index contributed by atoms with van der Waals surface area (Å²) >= 11 is 0. The highest BCUT2D eigenvalue weighted by atomic mass is 19.1. The third kappa shape index (κ3) is 3.42. The Morgan fingerprint density at radius 3 is 2.30 bits per heavy atom. The molecule has 0 aliphatic carbocycles. The van der Waals surface area contributed by atoms with Gasteiger partial charge < -0.3 is 5.32 Å². The molecule has 1 nitrogen and oxygen atoms in total. The summed E-state index contributed by atoms with van der Waals surface area (Å²) in [6, 6.07) is 12.1. The Labute approximate surface area is 118 Å². The van der Waals surface area contributed by atoms with Crippen molar-refractivity contribution in [3.63, 3.8) is 0 Å². The van der Waals surface area contributed by atoms with Gasteiger partial charge in [-0.1, -0.05) is 35.9 Å². The van der Waals surface area contributed by atoms with Crippen molar-refractivity contribution in [3.8, 4) is 0 Å². The van der Waals surface area contributed by atoms with Crippen molar-refractivity contribution in [1.29, 1.82) is 0 Å². The van der Waals surface area contributed by atoms with E-state index in [4.69, 9.17) is 0 Å². The van der Waals surface area contributed by atoms with E-state index in [9.17, 15) is 8.78 Å². The van der Waals surface area contributed by atoms with Gasteiger partial charge >= 0.3 is 0 Å². The molecular formula is C17H19F2N. The van der Waals surface area contributed by atoms with Crippen LogP contribution in [-0.4, -0.2) is 13.6 Å². The molecule has 0 aliphatic heterocycles. The maximum atomic E-state index is 13.8. The van der Waals surface area contributed by atoms with Crippen LogP contribution >= 0.6 is 0 Å². The van der Waals surface area contributed by atoms with Gasteiger partial charge in [0.2, 0.25) is 0 Å². The van der Waals surface area contributed by atoms with Gasteiger partial charge in [-0.3, -0.25) is 0 Å². The maximum absolute atomic E-state index is 13.8. The Kier molecular flexibility index (Phi) is 4.85. The minimum Gasteiger partial charge on any atom is -0.319 e. The van der Waals surface area contributed by atoms with E-state index in [2.05, 4.69) is 11.4 Å². The van der Waals surface area contributed by atoms with Crippen LogP contribution in [0.5, 0.6) is 0 Å². The number of hydrogen-bond donors (Lipinski definition) is 1. The molecule has 2 aromatic rings. The van der Waals surface area contributed by atoms with E-state index in [0.29, 0.717) is 13.0 Å². The van der Waals surface area contributed by atoms with Crippen LogP contribution in [0.25, 0.3) is 0 Å². The van der Waals surface area contributed by atoms with Gasteiger partial charge in [0, 0.05) is 18.0 Å². The highest BCUT2D eigenvalue weighted by molar-refractivity contribution is 5.29. The van der Waals surface area contributed by atoms with Crippen molar-refractivity contribution in [2.45, 2.75) is 19.3 Å². The molecule has 0 heterocycles. The van der Waals surface area contributed by atoms with E-state index in [1.807, 2.05) is 32.2 Å². The Balaban J connectivity index is 2.30. The molecule has 2 rings (SSSR count). The molecule has 0 amide bonds. The van der Waals surface area contributed by atoms with Gasteiger partial charge in [0.25, 0.3) is 0 Å². The molecule has 0 saturated carbocycles. The quantitative estimate of drug-likeness (QED) is 0.874. The minimum absolute atomic E-state index is 0.0475. The molecule has 0 saturated heterocycles. The standard InChI is InChI=1S/C17H19F2N/c1-12-5-3-6-13(9-12)14(11-20-2)10-15-16(18)7-4-8-17(15)19/h3-9,14,20H,10-11H2,1-2H3. The maximum Gasteiger partial charge on any atom is 0.129 e. The summed E-state index contributed by atoms with van der Waals surface area (Å²) in [6.45, 7) is 2.70. The molecule has 20 heavy (non-hydrogen) atoms. The van der Waals surface area contributed by atoms with Crippen molar-refractivity contribution in [2.24, 2.45) is 0 Å². The average Bonchev–Trinajstić information content (AvgIpc) is 2.42. The van der Waals surface area contributed by atoms with Crippen molar-refractivity contribution >= 4 is 0 Å². The van der Waals surface area contributed by atoms with Crippen LogP contribution < -0.4 is 5.32 Å². The van der Waals surface area contributed by atoms with E-state index in [-0.39, 0.29) is 11.5 Å². The Bertz CT molecular complexity index is 561. The lowest BCUT2D eigenvalue weighted by Gasteiger charge is -2.18. The number of aryl methyl sites for hydroxylation is 1. The molecule has 0 fully saturated rings. The van der Waals surface area contributed by atoms with Crippen LogP contribution in [0.3, 0.4) is 0 Å². The minimum atomic E-state index is -0.473. The fourth-order valence-electron chi connectivity index (χ4n) is 2.45. The number of halogens is 2. The van der Waals surface area contributed by atoms with Crippen LogP contribution in [0.1, 0.15) is 22.6 Å². The normalized spacial score (nSPS) is 12.4. The van der Waals surface area contributed by atoms with Crippen molar-refractivity contribution in [3.05, 3.63) is 70.8 Å². The Morgan fingerprint density at radius 2 is 1.70 bits per heavy atom. The zero-order chi connectivity index (χ0) is 14.5. The predicted octanol–water partition coefficient (Wildman–Crippen LogP) is 3.82. The highest BCUT2D eigenvalue weighted by Crippen LogP contribution is 2.24. The van der Waals surface area contributed by atoms with E-state index < -0.39 is 11.6 Å². The summed E-state index contributed by atoms with van der Waals surface area (Å²) in [7, 11) is 1.85. The highest BCUT2D eigenvalue weighted by Gasteiger charge is 2.17. The Hall–Kier alpha value is -1.74. The van der Waals surface area contributed by atoms with Crippen molar-refractivity contribution in [1.82, 2.24) is 5.32 Å². The first-order chi connectivity index (χ1) is 9.61. The molecule has 0 bridgehead atoms. The van der Waals surface area contributed by atoms with E-state index in [1.165, 1.54) is 18.2 Å². The molecule has 1 atom stereocenters. The molecule has 0 aromatic heterocycles. The summed E-state index contributed by atoms with van der Waals surface area (Å²) in [5, 5.41) is 3.10. The number of hydrogen-bond acceptors (Lipinski definition) is 1. The lowest BCUT2D eigenvalue weighted by atomic mass is 9.90. The zero-order valence-electron chi connectivity index (χ0n) is 11.8. The number of benzene rings is 2. The molecular weight excluding hydrogens is 256 g/mol. The van der Waals surface area contributed by atoms with Gasteiger partial charge in [0.05, 0.1) is 0 Å². The summed E-state index contributed by atoms with van der Waals surface area (Å²) in [6.07, 6.45) is 0.350. The SMILES string of the molecule is CNCC(Cc1c(F)cccc1F)c1cccc(C)c1. The molecule has 0 aliphatic rings. The largest absolute Gasteiger partial charge is 0.319 e. The second kappa shape index (κ2) is 6.62. The van der Waals surface area contributed by atoms with Crippen LogP contribution in [0.15, 0.2) is 42.5 Å². The average molecular weight is 275 g/mol. The van der Waals surface area contributed by atoms with Crippen LogP contribution in [0.2, 0.25) is 0 Å². The smallest absolute Gasteiger partial charge is 0.129 e. The number of likely N-dealkylation sites (N-methyl/N-ethyl adjacent to an activating group) is 1. The van der Waals surface area contributed by atoms with E-state index >= 15 is 0 Å². The second-order valence-electron chi connectivity index (χ2n) is 5.07. The van der Waals surface area contributed by atoms with Gasteiger partial charge in [-0.2, -0.15) is 0 Å². The van der Waals surface area contributed by atoms with E-state index in [1.54, 1.807) is 0 Å². The second-order valence-corrected chi connectivity index (χ2v) is 5.07. The lowest BCUT2D eigenvalue weighted by Crippen LogP contribution is -2.20. The summed E-state index contributed by atoms with van der Waals surface area (Å²) in [5.41, 5.74) is 2.41. The summed E-state index contributed by atoms with van der Waals surface area (Å²) in [5.74, 6) is -0.899. The van der Waals surface area contributed by atoms with E-state index in [0.717, 1.165) is 11.1 Å².